The standard InChI is InChI=1S/C15H23NO/c1-11-7-8-14(12(2)16)15(9-11)17-10-13-5-3-4-6-13/h7-9,12-13H,3-6,10,16H2,1-2H3. The summed E-state index contributed by atoms with van der Waals surface area (Å²) in [5.74, 6) is 1.73. The van der Waals surface area contributed by atoms with E-state index in [0.29, 0.717) is 0 Å². The molecule has 1 aliphatic rings. The molecule has 17 heavy (non-hydrogen) atoms. The van der Waals surface area contributed by atoms with Crippen LogP contribution in [0.2, 0.25) is 0 Å². The highest BCUT2D eigenvalue weighted by molar-refractivity contribution is 5.38. The molecule has 2 heteroatoms. The van der Waals surface area contributed by atoms with Crippen molar-refractivity contribution in [3.8, 4) is 5.75 Å². The molecular weight excluding hydrogens is 210 g/mol. The molecule has 0 amide bonds. The van der Waals surface area contributed by atoms with Crippen molar-refractivity contribution in [1.82, 2.24) is 0 Å². The van der Waals surface area contributed by atoms with Gasteiger partial charge in [-0.05, 0) is 44.2 Å². The molecule has 0 aromatic heterocycles. The van der Waals surface area contributed by atoms with Crippen molar-refractivity contribution in [2.24, 2.45) is 11.7 Å². The lowest BCUT2D eigenvalue weighted by atomic mass is 10.1. The largest absolute Gasteiger partial charge is 0.493 e. The second-order valence-electron chi connectivity index (χ2n) is 5.29. The predicted molar refractivity (Wildman–Crippen MR) is 71.2 cm³/mol. The molecular formula is C15H23NO. The number of rotatable bonds is 4. The Labute approximate surface area is 104 Å². The third kappa shape index (κ3) is 3.22. The molecule has 1 aliphatic carbocycles. The summed E-state index contributed by atoms with van der Waals surface area (Å²) in [6.07, 6.45) is 5.36. The van der Waals surface area contributed by atoms with Crippen molar-refractivity contribution in [2.45, 2.75) is 45.6 Å². The van der Waals surface area contributed by atoms with Crippen molar-refractivity contribution < 1.29 is 4.74 Å². The maximum atomic E-state index is 5.98. The van der Waals surface area contributed by atoms with E-state index in [1.54, 1.807) is 0 Å². The van der Waals surface area contributed by atoms with Gasteiger partial charge in [0.1, 0.15) is 5.75 Å². The van der Waals surface area contributed by atoms with E-state index in [-0.39, 0.29) is 6.04 Å². The van der Waals surface area contributed by atoms with Crippen molar-refractivity contribution in [2.75, 3.05) is 6.61 Å². The van der Waals surface area contributed by atoms with E-state index in [4.69, 9.17) is 10.5 Å². The molecule has 0 radical (unpaired) electrons. The summed E-state index contributed by atoms with van der Waals surface area (Å²) in [5.41, 5.74) is 8.32. The van der Waals surface area contributed by atoms with Crippen LogP contribution in [0.1, 0.15) is 49.8 Å². The van der Waals surface area contributed by atoms with Crippen LogP contribution in [0, 0.1) is 12.8 Å². The molecule has 0 aliphatic heterocycles. The van der Waals surface area contributed by atoms with E-state index in [1.165, 1.54) is 31.2 Å². The molecule has 0 bridgehead atoms. The van der Waals surface area contributed by atoms with Gasteiger partial charge in [0, 0.05) is 11.6 Å². The van der Waals surface area contributed by atoms with Crippen LogP contribution in [0.3, 0.4) is 0 Å². The topological polar surface area (TPSA) is 35.2 Å². The molecule has 2 rings (SSSR count). The molecule has 0 heterocycles. The second kappa shape index (κ2) is 5.54. The summed E-state index contributed by atoms with van der Waals surface area (Å²) >= 11 is 0. The number of hydrogen-bond acceptors (Lipinski definition) is 2. The summed E-state index contributed by atoms with van der Waals surface area (Å²) in [6.45, 7) is 4.95. The number of aryl methyl sites for hydroxylation is 1. The Balaban J connectivity index is 2.04. The molecule has 1 atom stereocenters. The molecule has 1 fully saturated rings. The van der Waals surface area contributed by atoms with Gasteiger partial charge in [-0.2, -0.15) is 0 Å². The monoisotopic (exact) mass is 233 g/mol. The fourth-order valence-electron chi connectivity index (χ4n) is 2.53. The van der Waals surface area contributed by atoms with Gasteiger partial charge in [-0.15, -0.1) is 0 Å². The summed E-state index contributed by atoms with van der Waals surface area (Å²) in [4.78, 5) is 0. The van der Waals surface area contributed by atoms with Gasteiger partial charge in [-0.1, -0.05) is 25.0 Å². The average molecular weight is 233 g/mol. The Hall–Kier alpha value is -1.02. The molecule has 1 unspecified atom stereocenters. The van der Waals surface area contributed by atoms with Crippen LogP contribution in [-0.4, -0.2) is 6.61 Å². The molecule has 0 spiro atoms. The highest BCUT2D eigenvalue weighted by Crippen LogP contribution is 2.29. The van der Waals surface area contributed by atoms with Crippen LogP contribution in [0.15, 0.2) is 18.2 Å². The lowest BCUT2D eigenvalue weighted by Gasteiger charge is -2.17. The SMILES string of the molecule is Cc1ccc(C(C)N)c(OCC2CCCC2)c1. The predicted octanol–water partition coefficient (Wildman–Crippen LogP) is 3.58. The van der Waals surface area contributed by atoms with Crippen LogP contribution in [0.5, 0.6) is 5.75 Å². The highest BCUT2D eigenvalue weighted by atomic mass is 16.5. The lowest BCUT2D eigenvalue weighted by molar-refractivity contribution is 0.249. The maximum absolute atomic E-state index is 5.98. The number of ether oxygens (including phenoxy) is 1. The summed E-state index contributed by atoms with van der Waals surface area (Å²) < 4.78 is 5.98. The minimum Gasteiger partial charge on any atom is -0.493 e. The molecule has 1 aromatic carbocycles. The summed E-state index contributed by atoms with van der Waals surface area (Å²) in [7, 11) is 0. The van der Waals surface area contributed by atoms with Crippen LogP contribution in [0.25, 0.3) is 0 Å². The van der Waals surface area contributed by atoms with Crippen LogP contribution in [0.4, 0.5) is 0 Å². The first-order valence-corrected chi connectivity index (χ1v) is 6.65. The van der Waals surface area contributed by atoms with Gasteiger partial charge >= 0.3 is 0 Å². The normalized spacial score (nSPS) is 18.3. The first-order chi connectivity index (χ1) is 8.16. The van der Waals surface area contributed by atoms with Gasteiger partial charge < -0.3 is 10.5 Å². The summed E-state index contributed by atoms with van der Waals surface area (Å²) in [5, 5.41) is 0. The van der Waals surface area contributed by atoms with Gasteiger partial charge in [0.15, 0.2) is 0 Å². The van der Waals surface area contributed by atoms with Gasteiger partial charge in [0.2, 0.25) is 0 Å². The smallest absolute Gasteiger partial charge is 0.124 e. The Morgan fingerprint density at radius 2 is 2.06 bits per heavy atom. The van der Waals surface area contributed by atoms with Crippen molar-refractivity contribution in [3.63, 3.8) is 0 Å². The molecule has 1 aromatic rings. The Bertz CT molecular complexity index is 367. The van der Waals surface area contributed by atoms with Crippen molar-refractivity contribution in [3.05, 3.63) is 29.3 Å². The zero-order valence-electron chi connectivity index (χ0n) is 10.9. The highest BCUT2D eigenvalue weighted by Gasteiger charge is 2.16. The van der Waals surface area contributed by atoms with Crippen LogP contribution in [-0.2, 0) is 0 Å². The number of nitrogens with two attached hydrogens (primary N) is 1. The van der Waals surface area contributed by atoms with E-state index in [9.17, 15) is 0 Å². The van der Waals surface area contributed by atoms with Crippen molar-refractivity contribution >= 4 is 0 Å². The van der Waals surface area contributed by atoms with Gasteiger partial charge in [0.25, 0.3) is 0 Å². The minimum absolute atomic E-state index is 0.0363. The van der Waals surface area contributed by atoms with E-state index < -0.39 is 0 Å². The molecule has 2 nitrogen and oxygen atoms in total. The molecule has 2 N–H and O–H groups in total. The maximum Gasteiger partial charge on any atom is 0.124 e. The van der Waals surface area contributed by atoms with Gasteiger partial charge in [0.05, 0.1) is 6.61 Å². The van der Waals surface area contributed by atoms with Crippen molar-refractivity contribution in [1.29, 1.82) is 0 Å². The Kier molecular flexibility index (Phi) is 4.06. The second-order valence-corrected chi connectivity index (χ2v) is 5.29. The molecule has 0 saturated heterocycles. The van der Waals surface area contributed by atoms with E-state index in [2.05, 4.69) is 25.1 Å². The first-order valence-electron chi connectivity index (χ1n) is 6.65. The number of hydrogen-bond donors (Lipinski definition) is 1. The Morgan fingerprint density at radius 3 is 2.71 bits per heavy atom. The molecule has 1 saturated carbocycles. The fourth-order valence-corrected chi connectivity index (χ4v) is 2.53. The third-order valence-corrected chi connectivity index (χ3v) is 3.61. The Morgan fingerprint density at radius 1 is 1.35 bits per heavy atom. The zero-order valence-corrected chi connectivity index (χ0v) is 10.9. The zero-order chi connectivity index (χ0) is 12.3. The summed E-state index contributed by atoms with van der Waals surface area (Å²) in [6, 6.07) is 6.33. The van der Waals surface area contributed by atoms with Gasteiger partial charge in [-0.3, -0.25) is 0 Å². The average Bonchev–Trinajstić information content (AvgIpc) is 2.78. The minimum atomic E-state index is 0.0363. The van der Waals surface area contributed by atoms with E-state index in [1.807, 2.05) is 6.92 Å². The van der Waals surface area contributed by atoms with Gasteiger partial charge in [-0.25, -0.2) is 0 Å². The third-order valence-electron chi connectivity index (χ3n) is 3.61. The quantitative estimate of drug-likeness (QED) is 0.862. The van der Waals surface area contributed by atoms with E-state index in [0.717, 1.165) is 23.8 Å². The first kappa shape index (κ1) is 12.4. The van der Waals surface area contributed by atoms with Crippen LogP contribution >= 0.6 is 0 Å². The van der Waals surface area contributed by atoms with Crippen LogP contribution < -0.4 is 10.5 Å². The lowest BCUT2D eigenvalue weighted by Crippen LogP contribution is -2.12. The number of benzene rings is 1. The molecule has 94 valence electrons. The van der Waals surface area contributed by atoms with E-state index >= 15 is 0 Å². The fraction of sp³-hybridized carbons (Fsp3) is 0.600.